The first-order valence-electron chi connectivity index (χ1n) is 14.7. The van der Waals surface area contributed by atoms with Crippen LogP contribution >= 0.6 is 0 Å². The van der Waals surface area contributed by atoms with E-state index in [0.717, 1.165) is 30.6 Å². The molecule has 0 aliphatic heterocycles. The molecule has 3 heteroatoms. The molecule has 0 aliphatic rings. The summed E-state index contributed by atoms with van der Waals surface area (Å²) in [5.41, 5.74) is 8.53. The van der Waals surface area contributed by atoms with Crippen molar-refractivity contribution in [2.45, 2.75) is 124 Å². The number of aliphatic imine (C=N–C) groups is 2. The second-order valence-corrected chi connectivity index (χ2v) is 16.3. The van der Waals surface area contributed by atoms with Gasteiger partial charge in [-0.15, -0.1) is 0 Å². The van der Waals surface area contributed by atoms with E-state index in [1.807, 2.05) is 0 Å². The van der Waals surface area contributed by atoms with Crippen LogP contribution in [0.1, 0.15) is 103 Å². The Balaban J connectivity index is 2.41. The van der Waals surface area contributed by atoms with Crippen LogP contribution in [0.3, 0.4) is 0 Å². The molecular formula is C33H52N2Si. The first kappa shape index (κ1) is 30.2. The summed E-state index contributed by atoms with van der Waals surface area (Å²) >= 11 is 0. The highest BCUT2D eigenvalue weighted by atomic mass is 28.3. The molecule has 0 aliphatic carbocycles. The van der Waals surface area contributed by atoms with E-state index in [0.29, 0.717) is 0 Å². The highest BCUT2D eigenvalue weighted by molar-refractivity contribution is 6.79. The molecule has 0 spiro atoms. The molecular weight excluding hydrogens is 452 g/mol. The van der Waals surface area contributed by atoms with Crippen LogP contribution in [-0.4, -0.2) is 19.5 Å². The number of unbranched alkanes of at least 4 members (excludes halogenated alkanes) is 4. The van der Waals surface area contributed by atoms with Gasteiger partial charge in [0.2, 0.25) is 0 Å². The lowest BCUT2D eigenvalue weighted by atomic mass is 10.0. The zero-order chi connectivity index (χ0) is 26.4. The molecule has 0 unspecified atom stereocenters. The quantitative estimate of drug-likeness (QED) is 0.123. The second kappa shape index (κ2) is 16.0. The van der Waals surface area contributed by atoms with Crippen LogP contribution in [0.25, 0.3) is 0 Å². The zero-order valence-corrected chi connectivity index (χ0v) is 25.4. The summed E-state index contributed by atoms with van der Waals surface area (Å²) in [6.45, 7) is 16.1. The van der Waals surface area contributed by atoms with Crippen molar-refractivity contribution in [3.05, 3.63) is 59.2 Å². The van der Waals surface area contributed by atoms with Crippen molar-refractivity contribution < 1.29 is 0 Å². The van der Waals surface area contributed by atoms with Gasteiger partial charge in [-0.05, 0) is 81.0 Å². The third-order valence-corrected chi connectivity index (χ3v) is 13.5. The predicted octanol–water partition coefficient (Wildman–Crippen LogP) is 10.9. The van der Waals surface area contributed by atoms with Crippen LogP contribution in [-0.2, 0) is 6.04 Å². The van der Waals surface area contributed by atoms with Crippen molar-refractivity contribution in [1.29, 1.82) is 0 Å². The molecule has 0 saturated carbocycles. The fourth-order valence-corrected chi connectivity index (χ4v) is 8.52. The van der Waals surface area contributed by atoms with E-state index in [4.69, 9.17) is 9.98 Å². The van der Waals surface area contributed by atoms with E-state index >= 15 is 0 Å². The van der Waals surface area contributed by atoms with Crippen LogP contribution in [0.2, 0.25) is 18.1 Å². The van der Waals surface area contributed by atoms with Crippen molar-refractivity contribution in [2.24, 2.45) is 9.98 Å². The molecule has 0 aromatic heterocycles. The molecule has 0 radical (unpaired) electrons. The van der Waals surface area contributed by atoms with Gasteiger partial charge in [-0.25, -0.2) is 0 Å². The van der Waals surface area contributed by atoms with Crippen molar-refractivity contribution in [1.82, 2.24) is 0 Å². The van der Waals surface area contributed by atoms with Crippen molar-refractivity contribution in [3.63, 3.8) is 0 Å². The lowest BCUT2D eigenvalue weighted by Gasteiger charge is -2.28. The minimum absolute atomic E-state index is 0.992. The predicted molar refractivity (Wildman–Crippen MR) is 166 cm³/mol. The lowest BCUT2D eigenvalue weighted by molar-refractivity contribution is 0.683. The van der Waals surface area contributed by atoms with E-state index in [9.17, 15) is 0 Å². The normalized spacial score (nSPS) is 12.9. The number of rotatable bonds is 16. The Hall–Kier alpha value is -2.00. The fraction of sp³-hybridized carbons (Fsp3) is 0.576. The molecule has 36 heavy (non-hydrogen) atoms. The van der Waals surface area contributed by atoms with Gasteiger partial charge in [0.15, 0.2) is 0 Å². The molecule has 0 atom stereocenters. The molecule has 0 fully saturated rings. The highest BCUT2D eigenvalue weighted by Crippen LogP contribution is 2.27. The Kier molecular flexibility index (Phi) is 13.4. The Morgan fingerprint density at radius 2 is 1.14 bits per heavy atom. The standard InChI is InChI=1S/C33H52N2Si/c1-8-13-15-16-18-33(32(17-14-9-2)35-31-24-27(6)23-28(7)25-31)34-30-21-19-29(20-22-30)26-36(10-3,11-4)12-5/h19-25H,8-18,26H2,1-7H3. The summed E-state index contributed by atoms with van der Waals surface area (Å²) in [6, 6.07) is 21.2. The minimum Gasteiger partial charge on any atom is -0.252 e. The summed E-state index contributed by atoms with van der Waals surface area (Å²) in [5, 5.41) is 0. The molecule has 198 valence electrons. The topological polar surface area (TPSA) is 24.7 Å². The molecule has 0 saturated heterocycles. The number of hydrogen-bond donors (Lipinski definition) is 0. The second-order valence-electron chi connectivity index (χ2n) is 10.8. The molecule has 0 heterocycles. The first-order valence-corrected chi connectivity index (χ1v) is 17.5. The molecule has 2 rings (SSSR count). The van der Waals surface area contributed by atoms with Crippen LogP contribution in [0.5, 0.6) is 0 Å². The van der Waals surface area contributed by atoms with E-state index in [2.05, 4.69) is 90.9 Å². The molecule has 0 amide bonds. The molecule has 0 N–H and O–H groups in total. The van der Waals surface area contributed by atoms with Crippen LogP contribution in [0.4, 0.5) is 11.4 Å². The maximum atomic E-state index is 5.25. The van der Waals surface area contributed by atoms with Crippen molar-refractivity contribution >= 4 is 30.9 Å². The van der Waals surface area contributed by atoms with Gasteiger partial charge < -0.3 is 0 Å². The molecule has 0 bridgehead atoms. The monoisotopic (exact) mass is 504 g/mol. The van der Waals surface area contributed by atoms with Gasteiger partial charge in [0, 0.05) is 0 Å². The summed E-state index contributed by atoms with van der Waals surface area (Å²) in [6.07, 6.45) is 9.30. The molecule has 2 nitrogen and oxygen atoms in total. The van der Waals surface area contributed by atoms with Gasteiger partial charge in [-0.1, -0.05) is 102 Å². The van der Waals surface area contributed by atoms with Gasteiger partial charge in [0.25, 0.3) is 0 Å². The number of benzene rings is 2. The fourth-order valence-electron chi connectivity index (χ4n) is 5.17. The van der Waals surface area contributed by atoms with Gasteiger partial charge in [-0.3, -0.25) is 9.98 Å². The summed E-state index contributed by atoms with van der Waals surface area (Å²) in [5.74, 6) is 0. The van der Waals surface area contributed by atoms with Crippen LogP contribution in [0, 0.1) is 13.8 Å². The zero-order valence-electron chi connectivity index (χ0n) is 24.4. The number of nitrogens with zero attached hydrogens (tertiary/aromatic N) is 2. The number of aryl methyl sites for hydroxylation is 2. The maximum Gasteiger partial charge on any atom is 0.0639 e. The summed E-state index contributed by atoms with van der Waals surface area (Å²) in [7, 11) is -1.17. The SMILES string of the molecule is CCCCCCC(=Nc1ccc(C[Si](CC)(CC)CC)cc1)C(CCCC)=Nc1cc(C)cc(C)c1. The average molecular weight is 505 g/mol. The van der Waals surface area contributed by atoms with E-state index in [1.165, 1.54) is 84.4 Å². The van der Waals surface area contributed by atoms with Gasteiger partial charge in [0.05, 0.1) is 30.9 Å². The summed E-state index contributed by atoms with van der Waals surface area (Å²) in [4.78, 5) is 10.4. The Morgan fingerprint density at radius 3 is 1.67 bits per heavy atom. The minimum atomic E-state index is -1.17. The van der Waals surface area contributed by atoms with Gasteiger partial charge >= 0.3 is 0 Å². The van der Waals surface area contributed by atoms with Gasteiger partial charge in [0.1, 0.15) is 0 Å². The lowest BCUT2D eigenvalue weighted by Crippen LogP contribution is -2.34. The van der Waals surface area contributed by atoms with Crippen molar-refractivity contribution in [2.75, 3.05) is 0 Å². The smallest absolute Gasteiger partial charge is 0.0639 e. The first-order chi connectivity index (χ1) is 17.4. The molecule has 2 aromatic carbocycles. The molecule has 2 aromatic rings. The number of hydrogen-bond acceptors (Lipinski definition) is 2. The Labute approximate surface area is 223 Å². The van der Waals surface area contributed by atoms with Gasteiger partial charge in [-0.2, -0.15) is 0 Å². The highest BCUT2D eigenvalue weighted by Gasteiger charge is 2.26. The third-order valence-electron chi connectivity index (χ3n) is 7.87. The third kappa shape index (κ3) is 9.80. The largest absolute Gasteiger partial charge is 0.252 e. The van der Waals surface area contributed by atoms with Crippen LogP contribution in [0.15, 0.2) is 52.4 Å². The van der Waals surface area contributed by atoms with E-state index < -0.39 is 8.07 Å². The Bertz CT molecular complexity index is 939. The van der Waals surface area contributed by atoms with E-state index in [-0.39, 0.29) is 0 Å². The van der Waals surface area contributed by atoms with Crippen molar-refractivity contribution in [3.8, 4) is 0 Å². The van der Waals surface area contributed by atoms with Crippen LogP contribution < -0.4 is 0 Å². The summed E-state index contributed by atoms with van der Waals surface area (Å²) < 4.78 is 0. The average Bonchev–Trinajstić information content (AvgIpc) is 2.87. The maximum absolute atomic E-state index is 5.25. The van der Waals surface area contributed by atoms with E-state index in [1.54, 1.807) is 0 Å². The Morgan fingerprint density at radius 1 is 0.611 bits per heavy atom.